The van der Waals surface area contributed by atoms with Gasteiger partial charge in [-0.15, -0.1) is 13.2 Å². The molecular weight excluding hydrogens is 114 g/mol. The third-order valence-corrected chi connectivity index (χ3v) is 0.914. The van der Waals surface area contributed by atoms with E-state index in [-0.39, 0.29) is 0 Å². The Morgan fingerprint density at radius 2 is 2.22 bits per heavy atom. The Morgan fingerprint density at radius 3 is 2.67 bits per heavy atom. The van der Waals surface area contributed by atoms with Gasteiger partial charge < -0.3 is 10.4 Å². The third-order valence-electron chi connectivity index (χ3n) is 0.914. The van der Waals surface area contributed by atoms with Crippen molar-refractivity contribution in [2.24, 2.45) is 0 Å². The van der Waals surface area contributed by atoms with E-state index < -0.39 is 6.10 Å². The molecule has 2 N–H and O–H groups in total. The minimum atomic E-state index is -0.440. The highest BCUT2D eigenvalue weighted by atomic mass is 16.3. The van der Waals surface area contributed by atoms with Crippen molar-refractivity contribution in [2.75, 3.05) is 13.1 Å². The molecule has 0 saturated carbocycles. The van der Waals surface area contributed by atoms with Gasteiger partial charge in [-0.05, 0) is 0 Å². The van der Waals surface area contributed by atoms with Crippen molar-refractivity contribution in [2.45, 2.75) is 6.10 Å². The second-order valence-corrected chi connectivity index (χ2v) is 1.75. The predicted octanol–water partition coefficient (Wildman–Crippen LogP) is 0.309. The van der Waals surface area contributed by atoms with Gasteiger partial charge in [0.15, 0.2) is 0 Å². The molecule has 0 radical (unpaired) electrons. The van der Waals surface area contributed by atoms with Crippen molar-refractivity contribution in [1.82, 2.24) is 5.32 Å². The van der Waals surface area contributed by atoms with Crippen molar-refractivity contribution in [3.05, 3.63) is 25.3 Å². The summed E-state index contributed by atoms with van der Waals surface area (Å²) in [6, 6.07) is 0. The van der Waals surface area contributed by atoms with Gasteiger partial charge in [0.1, 0.15) is 0 Å². The van der Waals surface area contributed by atoms with E-state index in [4.69, 9.17) is 5.11 Å². The molecule has 0 unspecified atom stereocenters. The van der Waals surface area contributed by atoms with E-state index in [1.807, 2.05) is 0 Å². The molecule has 0 aliphatic carbocycles. The zero-order valence-electron chi connectivity index (χ0n) is 5.51. The van der Waals surface area contributed by atoms with Crippen molar-refractivity contribution in [3.8, 4) is 0 Å². The van der Waals surface area contributed by atoms with E-state index in [0.29, 0.717) is 6.54 Å². The van der Waals surface area contributed by atoms with Gasteiger partial charge in [-0.1, -0.05) is 12.2 Å². The molecule has 0 fully saturated rings. The maximum absolute atomic E-state index is 8.87. The molecule has 0 heterocycles. The smallest absolute Gasteiger partial charge is 0.0842 e. The molecule has 0 amide bonds. The molecule has 1 atom stereocenters. The van der Waals surface area contributed by atoms with Gasteiger partial charge in [-0.3, -0.25) is 0 Å². The summed E-state index contributed by atoms with van der Waals surface area (Å²) in [6.45, 7) is 8.22. The van der Waals surface area contributed by atoms with Gasteiger partial charge >= 0.3 is 0 Å². The lowest BCUT2D eigenvalue weighted by Gasteiger charge is -2.03. The van der Waals surface area contributed by atoms with E-state index in [1.54, 1.807) is 6.08 Å². The van der Waals surface area contributed by atoms with Crippen LogP contribution >= 0.6 is 0 Å². The fourth-order valence-electron chi connectivity index (χ4n) is 0.417. The molecule has 9 heavy (non-hydrogen) atoms. The Labute approximate surface area is 55.9 Å². The van der Waals surface area contributed by atoms with E-state index in [1.165, 1.54) is 6.08 Å². The van der Waals surface area contributed by atoms with Gasteiger partial charge in [-0.25, -0.2) is 0 Å². The van der Waals surface area contributed by atoms with Crippen LogP contribution < -0.4 is 5.32 Å². The first-order valence-corrected chi connectivity index (χ1v) is 2.93. The van der Waals surface area contributed by atoms with Crippen LogP contribution in [0.3, 0.4) is 0 Å². The first kappa shape index (κ1) is 8.40. The molecule has 0 bridgehead atoms. The molecule has 0 saturated heterocycles. The van der Waals surface area contributed by atoms with Crippen LogP contribution in [0.2, 0.25) is 0 Å². The maximum Gasteiger partial charge on any atom is 0.0842 e. The Morgan fingerprint density at radius 1 is 1.56 bits per heavy atom. The van der Waals surface area contributed by atoms with Gasteiger partial charge in [-0.2, -0.15) is 0 Å². The van der Waals surface area contributed by atoms with Crippen LogP contribution in [-0.2, 0) is 0 Å². The summed E-state index contributed by atoms with van der Waals surface area (Å²) in [5, 5.41) is 11.8. The minimum Gasteiger partial charge on any atom is -0.388 e. The normalized spacial score (nSPS) is 12.6. The molecule has 0 aliphatic heterocycles. The zero-order chi connectivity index (χ0) is 7.11. The summed E-state index contributed by atoms with van der Waals surface area (Å²) in [6.07, 6.45) is 2.80. The molecule has 0 aliphatic rings. The molecule has 0 aromatic heterocycles. The van der Waals surface area contributed by atoms with Crippen molar-refractivity contribution >= 4 is 0 Å². The lowest BCUT2D eigenvalue weighted by Crippen LogP contribution is -2.24. The second kappa shape index (κ2) is 5.54. The maximum atomic E-state index is 8.87. The minimum absolute atomic E-state index is 0.440. The molecule has 0 aromatic rings. The SMILES string of the molecule is C=CCNC[C@@H](O)C=C. The van der Waals surface area contributed by atoms with Crippen molar-refractivity contribution in [3.63, 3.8) is 0 Å². The lowest BCUT2D eigenvalue weighted by molar-refractivity contribution is 0.221. The van der Waals surface area contributed by atoms with Crippen LogP contribution in [0, 0.1) is 0 Å². The predicted molar refractivity (Wildman–Crippen MR) is 39.3 cm³/mol. The van der Waals surface area contributed by atoms with E-state index in [2.05, 4.69) is 18.5 Å². The fourth-order valence-corrected chi connectivity index (χ4v) is 0.417. The fraction of sp³-hybridized carbons (Fsp3) is 0.429. The van der Waals surface area contributed by atoms with Crippen LogP contribution in [0.5, 0.6) is 0 Å². The average molecular weight is 127 g/mol. The highest BCUT2D eigenvalue weighted by Gasteiger charge is 1.92. The molecule has 0 aromatic carbocycles. The summed E-state index contributed by atoms with van der Waals surface area (Å²) >= 11 is 0. The lowest BCUT2D eigenvalue weighted by atomic mass is 10.3. The summed E-state index contributed by atoms with van der Waals surface area (Å²) < 4.78 is 0. The van der Waals surface area contributed by atoms with Crippen LogP contribution in [-0.4, -0.2) is 24.3 Å². The Hall–Kier alpha value is -0.600. The molecule has 0 rings (SSSR count). The second-order valence-electron chi connectivity index (χ2n) is 1.75. The zero-order valence-corrected chi connectivity index (χ0v) is 5.51. The van der Waals surface area contributed by atoms with Crippen LogP contribution in [0.4, 0.5) is 0 Å². The number of aliphatic hydroxyl groups excluding tert-OH is 1. The molecule has 0 spiro atoms. The third kappa shape index (κ3) is 5.27. The quantitative estimate of drug-likeness (QED) is 0.411. The Balaban J connectivity index is 3.05. The summed E-state index contributed by atoms with van der Waals surface area (Å²) in [5.74, 6) is 0. The largest absolute Gasteiger partial charge is 0.388 e. The molecule has 2 nitrogen and oxygen atoms in total. The number of hydrogen-bond acceptors (Lipinski definition) is 2. The van der Waals surface area contributed by atoms with E-state index in [0.717, 1.165) is 6.54 Å². The van der Waals surface area contributed by atoms with Crippen molar-refractivity contribution < 1.29 is 5.11 Å². The number of nitrogens with one attached hydrogen (secondary N) is 1. The average Bonchev–Trinajstić information content (AvgIpc) is 1.89. The molecule has 2 heteroatoms. The molecular formula is C7H13NO. The van der Waals surface area contributed by atoms with Crippen LogP contribution in [0.25, 0.3) is 0 Å². The van der Waals surface area contributed by atoms with Crippen molar-refractivity contribution in [1.29, 1.82) is 0 Å². The van der Waals surface area contributed by atoms with E-state index in [9.17, 15) is 0 Å². The first-order valence-electron chi connectivity index (χ1n) is 2.93. The van der Waals surface area contributed by atoms with Gasteiger partial charge in [0, 0.05) is 13.1 Å². The van der Waals surface area contributed by atoms with E-state index >= 15 is 0 Å². The standard InChI is InChI=1S/C7H13NO/c1-3-5-8-6-7(9)4-2/h3-4,7-9H,1-2,5-6H2/t7-/m0/s1. The first-order chi connectivity index (χ1) is 4.31. The van der Waals surface area contributed by atoms with Gasteiger partial charge in [0.05, 0.1) is 6.10 Å². The summed E-state index contributed by atoms with van der Waals surface area (Å²) in [4.78, 5) is 0. The number of hydrogen-bond donors (Lipinski definition) is 2. The Kier molecular flexibility index (Phi) is 5.17. The Bertz CT molecular complexity index is 90.9. The van der Waals surface area contributed by atoms with Gasteiger partial charge in [0.2, 0.25) is 0 Å². The highest BCUT2D eigenvalue weighted by molar-refractivity contribution is 4.81. The monoisotopic (exact) mass is 127 g/mol. The topological polar surface area (TPSA) is 32.3 Å². The van der Waals surface area contributed by atoms with Gasteiger partial charge in [0.25, 0.3) is 0 Å². The van der Waals surface area contributed by atoms with Crippen LogP contribution in [0.15, 0.2) is 25.3 Å². The molecule has 52 valence electrons. The summed E-state index contributed by atoms with van der Waals surface area (Å²) in [7, 11) is 0. The number of aliphatic hydroxyl groups is 1. The highest BCUT2D eigenvalue weighted by Crippen LogP contribution is 1.78. The summed E-state index contributed by atoms with van der Waals surface area (Å²) in [5.41, 5.74) is 0. The number of rotatable bonds is 5. The van der Waals surface area contributed by atoms with Crippen LogP contribution in [0.1, 0.15) is 0 Å².